The van der Waals surface area contributed by atoms with Crippen LogP contribution in [0, 0.1) is 5.92 Å². The maximum Gasteiger partial charge on any atom is 0.157 e. The topological polar surface area (TPSA) is 35.5 Å². The minimum atomic E-state index is -0.0542. The molecule has 0 radical (unpaired) electrons. The van der Waals surface area contributed by atoms with Crippen molar-refractivity contribution < 1.29 is 14.3 Å². The Hall–Kier alpha value is -0.410. The number of ketones is 1. The van der Waals surface area contributed by atoms with Gasteiger partial charge in [-0.05, 0) is 45.4 Å². The second kappa shape index (κ2) is 9.51. The van der Waals surface area contributed by atoms with E-state index in [-0.39, 0.29) is 6.29 Å². The van der Waals surface area contributed by atoms with Crippen LogP contribution in [0.3, 0.4) is 0 Å². The maximum absolute atomic E-state index is 11.5. The van der Waals surface area contributed by atoms with Gasteiger partial charge in [0, 0.05) is 26.1 Å². The van der Waals surface area contributed by atoms with Gasteiger partial charge in [-0.15, -0.1) is 0 Å². The smallest absolute Gasteiger partial charge is 0.157 e. The van der Waals surface area contributed by atoms with E-state index in [9.17, 15) is 4.79 Å². The van der Waals surface area contributed by atoms with E-state index in [1.165, 1.54) is 12.8 Å². The lowest BCUT2D eigenvalue weighted by atomic mass is 9.94. The van der Waals surface area contributed by atoms with Crippen LogP contribution in [0.2, 0.25) is 0 Å². The first-order valence-electron chi connectivity index (χ1n) is 7.51. The van der Waals surface area contributed by atoms with Crippen LogP contribution in [0.1, 0.15) is 65.2 Å². The van der Waals surface area contributed by atoms with Gasteiger partial charge in [0.25, 0.3) is 0 Å². The first kappa shape index (κ1) is 15.6. The summed E-state index contributed by atoms with van der Waals surface area (Å²) in [7, 11) is 0. The van der Waals surface area contributed by atoms with Crippen molar-refractivity contribution in [3.8, 4) is 0 Å². The summed E-state index contributed by atoms with van der Waals surface area (Å²) in [6.45, 7) is 5.39. The van der Waals surface area contributed by atoms with Gasteiger partial charge in [-0.25, -0.2) is 0 Å². The van der Waals surface area contributed by atoms with Crippen molar-refractivity contribution in [2.75, 3.05) is 13.2 Å². The predicted molar refractivity (Wildman–Crippen MR) is 72.5 cm³/mol. The van der Waals surface area contributed by atoms with Crippen LogP contribution in [-0.2, 0) is 14.3 Å². The average molecular weight is 256 g/mol. The van der Waals surface area contributed by atoms with Crippen LogP contribution >= 0.6 is 0 Å². The second-order valence-corrected chi connectivity index (χ2v) is 5.13. The van der Waals surface area contributed by atoms with E-state index in [1.54, 1.807) is 0 Å². The monoisotopic (exact) mass is 256 g/mol. The summed E-state index contributed by atoms with van der Waals surface area (Å²) >= 11 is 0. The first-order chi connectivity index (χ1) is 8.76. The molecule has 0 saturated heterocycles. The number of carbonyl (C=O) groups excluding carboxylic acids is 1. The molecule has 0 aromatic carbocycles. The summed E-state index contributed by atoms with van der Waals surface area (Å²) in [6.07, 6.45) is 8.27. The molecular weight excluding hydrogens is 228 g/mol. The quantitative estimate of drug-likeness (QED) is 0.490. The molecule has 0 unspecified atom stereocenters. The van der Waals surface area contributed by atoms with Crippen molar-refractivity contribution >= 4 is 5.78 Å². The summed E-state index contributed by atoms with van der Waals surface area (Å²) in [5.74, 6) is 1.06. The van der Waals surface area contributed by atoms with Crippen molar-refractivity contribution in [3.05, 3.63) is 0 Å². The predicted octanol–water partition coefficient (Wildman–Crippen LogP) is 3.71. The highest BCUT2D eigenvalue weighted by Crippen LogP contribution is 2.25. The molecule has 1 rings (SSSR count). The van der Waals surface area contributed by atoms with E-state index < -0.39 is 0 Å². The zero-order valence-electron chi connectivity index (χ0n) is 12.0. The maximum atomic E-state index is 11.5. The highest BCUT2D eigenvalue weighted by molar-refractivity contribution is 5.78. The summed E-state index contributed by atoms with van der Waals surface area (Å²) in [6, 6.07) is 0. The Bertz CT molecular complexity index is 222. The summed E-state index contributed by atoms with van der Waals surface area (Å²) in [5.41, 5.74) is 0. The Balaban J connectivity index is 2.19. The van der Waals surface area contributed by atoms with Gasteiger partial charge in [0.1, 0.15) is 5.78 Å². The van der Waals surface area contributed by atoms with Crippen molar-refractivity contribution in [3.63, 3.8) is 0 Å². The van der Waals surface area contributed by atoms with E-state index in [0.717, 1.165) is 38.5 Å². The van der Waals surface area contributed by atoms with Gasteiger partial charge in [-0.2, -0.15) is 0 Å². The van der Waals surface area contributed by atoms with Crippen LogP contribution in [0.15, 0.2) is 0 Å². The van der Waals surface area contributed by atoms with Gasteiger partial charge in [0.05, 0.1) is 0 Å². The molecule has 0 amide bonds. The fraction of sp³-hybridized carbons (Fsp3) is 0.933. The summed E-state index contributed by atoms with van der Waals surface area (Å²) < 4.78 is 11.1. The lowest BCUT2D eigenvalue weighted by Gasteiger charge is -2.18. The molecule has 0 aromatic rings. The fourth-order valence-corrected chi connectivity index (χ4v) is 2.69. The Morgan fingerprint density at radius 2 is 1.94 bits per heavy atom. The molecular formula is C15H28O3. The van der Waals surface area contributed by atoms with Crippen LogP contribution in [0.25, 0.3) is 0 Å². The third-order valence-corrected chi connectivity index (χ3v) is 3.59. The van der Waals surface area contributed by atoms with Gasteiger partial charge in [0.2, 0.25) is 0 Å². The van der Waals surface area contributed by atoms with Crippen molar-refractivity contribution in [1.82, 2.24) is 0 Å². The van der Waals surface area contributed by atoms with Crippen molar-refractivity contribution in [2.24, 2.45) is 5.92 Å². The van der Waals surface area contributed by atoms with Crippen molar-refractivity contribution in [2.45, 2.75) is 71.5 Å². The second-order valence-electron chi connectivity index (χ2n) is 5.13. The number of rotatable bonds is 8. The molecule has 1 aliphatic carbocycles. The molecule has 1 aliphatic rings. The molecule has 0 bridgehead atoms. The molecule has 0 spiro atoms. The van der Waals surface area contributed by atoms with E-state index in [0.29, 0.717) is 24.9 Å². The Kier molecular flexibility index (Phi) is 8.27. The zero-order chi connectivity index (χ0) is 13.2. The fourth-order valence-electron chi connectivity index (χ4n) is 2.69. The number of ether oxygens (including phenoxy) is 2. The Labute approximate surface area is 111 Å². The van der Waals surface area contributed by atoms with Gasteiger partial charge in [0.15, 0.2) is 6.29 Å². The molecule has 3 nitrogen and oxygen atoms in total. The molecule has 3 heteroatoms. The number of Topliss-reactive ketones (excluding diaryl/α,β-unsaturated/α-hetero) is 1. The molecule has 106 valence electrons. The lowest BCUT2D eigenvalue weighted by Crippen LogP contribution is -2.17. The first-order valence-corrected chi connectivity index (χ1v) is 7.51. The van der Waals surface area contributed by atoms with Crippen molar-refractivity contribution in [1.29, 1.82) is 0 Å². The normalized spacial score (nSPS) is 21.3. The molecule has 18 heavy (non-hydrogen) atoms. The minimum absolute atomic E-state index is 0.0542. The number of hydrogen-bond donors (Lipinski definition) is 0. The highest BCUT2D eigenvalue weighted by atomic mass is 16.7. The van der Waals surface area contributed by atoms with E-state index in [4.69, 9.17) is 9.47 Å². The van der Waals surface area contributed by atoms with Gasteiger partial charge in [-0.1, -0.05) is 12.8 Å². The van der Waals surface area contributed by atoms with Gasteiger partial charge in [-0.3, -0.25) is 4.79 Å². The standard InChI is InChI=1S/C15H28O3/c1-3-17-15(18-4-2)11-7-9-13-8-5-6-10-14(16)12-13/h13,15H,3-12H2,1-2H3/t13-/m1/s1. The Morgan fingerprint density at radius 1 is 1.22 bits per heavy atom. The minimum Gasteiger partial charge on any atom is -0.353 e. The van der Waals surface area contributed by atoms with Crippen LogP contribution < -0.4 is 0 Å². The molecule has 0 aromatic heterocycles. The SMILES string of the molecule is CCOC(CCC[C@H]1CCCCC(=O)C1)OCC. The average Bonchev–Trinajstić information content (AvgIpc) is 2.54. The third kappa shape index (κ3) is 6.50. The lowest BCUT2D eigenvalue weighted by molar-refractivity contribution is -0.140. The van der Waals surface area contributed by atoms with E-state index >= 15 is 0 Å². The highest BCUT2D eigenvalue weighted by Gasteiger charge is 2.18. The summed E-state index contributed by atoms with van der Waals surface area (Å²) in [5, 5.41) is 0. The molecule has 0 aliphatic heterocycles. The Morgan fingerprint density at radius 3 is 2.61 bits per heavy atom. The summed E-state index contributed by atoms with van der Waals surface area (Å²) in [4.78, 5) is 11.5. The molecule has 0 heterocycles. The zero-order valence-corrected chi connectivity index (χ0v) is 12.0. The number of hydrogen-bond acceptors (Lipinski definition) is 3. The molecule has 1 atom stereocenters. The molecule has 1 saturated carbocycles. The molecule has 0 N–H and O–H groups in total. The van der Waals surface area contributed by atoms with Crippen LogP contribution in [-0.4, -0.2) is 25.3 Å². The van der Waals surface area contributed by atoms with Crippen LogP contribution in [0.5, 0.6) is 0 Å². The van der Waals surface area contributed by atoms with Crippen LogP contribution in [0.4, 0.5) is 0 Å². The third-order valence-electron chi connectivity index (χ3n) is 3.59. The molecule has 1 fully saturated rings. The van der Waals surface area contributed by atoms with E-state index in [1.807, 2.05) is 13.8 Å². The largest absolute Gasteiger partial charge is 0.353 e. The number of carbonyl (C=O) groups is 1. The van der Waals surface area contributed by atoms with Gasteiger partial charge >= 0.3 is 0 Å². The van der Waals surface area contributed by atoms with Gasteiger partial charge < -0.3 is 9.47 Å². The van der Waals surface area contributed by atoms with E-state index in [2.05, 4.69) is 0 Å².